The van der Waals surface area contributed by atoms with E-state index in [-0.39, 0.29) is 18.2 Å². The van der Waals surface area contributed by atoms with Crippen LogP contribution in [0.1, 0.15) is 31.9 Å². The fourth-order valence-electron chi connectivity index (χ4n) is 3.41. The van der Waals surface area contributed by atoms with Gasteiger partial charge in [0.15, 0.2) is 6.10 Å². The van der Waals surface area contributed by atoms with Gasteiger partial charge in [-0.15, -0.1) is 0 Å². The number of fused-ring (bicyclic) bond motifs is 1. The predicted molar refractivity (Wildman–Crippen MR) is 112 cm³/mol. The number of amides is 2. The zero-order valence-corrected chi connectivity index (χ0v) is 17.4. The molecular weight excluding hydrogens is 368 g/mol. The van der Waals surface area contributed by atoms with Gasteiger partial charge in [0.05, 0.1) is 13.5 Å². The maximum absolute atomic E-state index is 12.6. The van der Waals surface area contributed by atoms with E-state index in [1.54, 1.807) is 20.1 Å². The number of nitrogens with one attached hydrogen (secondary N) is 1. The van der Waals surface area contributed by atoms with Crippen LogP contribution in [0.4, 0.5) is 5.69 Å². The minimum atomic E-state index is -0.523. The van der Waals surface area contributed by atoms with Crippen LogP contribution in [0.5, 0.6) is 11.5 Å². The molecule has 2 amide bonds. The zero-order valence-electron chi connectivity index (χ0n) is 17.4. The molecule has 0 saturated carbocycles. The minimum Gasteiger partial charge on any atom is -0.497 e. The van der Waals surface area contributed by atoms with Gasteiger partial charge in [-0.25, -0.2) is 0 Å². The smallest absolute Gasteiger partial charge is 0.263 e. The number of carbonyl (C=O) groups excluding carboxylic acids is 2. The molecular formula is C23H28N2O4. The number of hydrogen-bond donors (Lipinski definition) is 1. The molecule has 0 spiro atoms. The van der Waals surface area contributed by atoms with Crippen molar-refractivity contribution in [1.29, 1.82) is 0 Å². The van der Waals surface area contributed by atoms with Gasteiger partial charge in [0.25, 0.3) is 5.91 Å². The van der Waals surface area contributed by atoms with Gasteiger partial charge in [0.1, 0.15) is 11.5 Å². The summed E-state index contributed by atoms with van der Waals surface area (Å²) in [4.78, 5) is 26.9. The van der Waals surface area contributed by atoms with Crippen molar-refractivity contribution >= 4 is 17.5 Å². The highest BCUT2D eigenvalue weighted by Crippen LogP contribution is 2.29. The SMILES string of the molecule is COc1ccc(CC(=O)Nc2ccc3c(c2)CN(CC(C)C)C(=O)C(C)O3)cc1. The lowest BCUT2D eigenvalue weighted by molar-refractivity contribution is -0.138. The number of ether oxygens (including phenoxy) is 2. The monoisotopic (exact) mass is 396 g/mol. The molecule has 29 heavy (non-hydrogen) atoms. The molecule has 1 aliphatic rings. The molecule has 154 valence electrons. The normalized spacial score (nSPS) is 16.1. The summed E-state index contributed by atoms with van der Waals surface area (Å²) < 4.78 is 11.0. The van der Waals surface area contributed by atoms with Crippen molar-refractivity contribution in [2.45, 2.75) is 39.8 Å². The Hall–Kier alpha value is -3.02. The Bertz CT molecular complexity index is 877. The molecule has 2 aromatic rings. The fraction of sp³-hybridized carbons (Fsp3) is 0.391. The van der Waals surface area contributed by atoms with Gasteiger partial charge in [-0.1, -0.05) is 26.0 Å². The lowest BCUT2D eigenvalue weighted by Crippen LogP contribution is -2.39. The Balaban J connectivity index is 1.72. The molecule has 0 saturated heterocycles. The van der Waals surface area contributed by atoms with Crippen LogP contribution in [0.3, 0.4) is 0 Å². The quantitative estimate of drug-likeness (QED) is 0.809. The van der Waals surface area contributed by atoms with E-state index in [0.29, 0.717) is 30.4 Å². The molecule has 1 unspecified atom stereocenters. The third kappa shape index (κ3) is 5.28. The lowest BCUT2D eigenvalue weighted by Gasteiger charge is -2.24. The lowest BCUT2D eigenvalue weighted by atomic mass is 10.1. The summed E-state index contributed by atoms with van der Waals surface area (Å²) >= 11 is 0. The highest BCUT2D eigenvalue weighted by molar-refractivity contribution is 5.92. The van der Waals surface area contributed by atoms with E-state index < -0.39 is 6.10 Å². The Morgan fingerprint density at radius 2 is 1.97 bits per heavy atom. The van der Waals surface area contributed by atoms with Crippen LogP contribution in [0.15, 0.2) is 42.5 Å². The van der Waals surface area contributed by atoms with Crippen molar-refractivity contribution in [2.24, 2.45) is 5.92 Å². The third-order valence-electron chi connectivity index (χ3n) is 4.78. The van der Waals surface area contributed by atoms with E-state index in [0.717, 1.165) is 16.9 Å². The summed E-state index contributed by atoms with van der Waals surface area (Å²) in [6, 6.07) is 12.9. The summed E-state index contributed by atoms with van der Waals surface area (Å²) in [5.41, 5.74) is 2.49. The highest BCUT2D eigenvalue weighted by Gasteiger charge is 2.28. The standard InChI is InChI=1S/C23H28N2O4/c1-15(2)13-25-14-18-12-19(7-10-21(18)29-16(3)23(25)27)24-22(26)11-17-5-8-20(28-4)9-6-17/h5-10,12,15-16H,11,13-14H2,1-4H3,(H,24,26). The summed E-state index contributed by atoms with van der Waals surface area (Å²) in [7, 11) is 1.61. The number of nitrogens with zero attached hydrogens (tertiary/aromatic N) is 1. The van der Waals surface area contributed by atoms with Crippen molar-refractivity contribution in [3.8, 4) is 11.5 Å². The molecule has 3 rings (SSSR count). The summed E-state index contributed by atoms with van der Waals surface area (Å²) in [6.45, 7) is 7.08. The van der Waals surface area contributed by atoms with Crippen molar-refractivity contribution < 1.29 is 19.1 Å². The molecule has 0 fully saturated rings. The van der Waals surface area contributed by atoms with Gasteiger partial charge >= 0.3 is 0 Å². The number of benzene rings is 2. The first-order valence-electron chi connectivity index (χ1n) is 9.87. The van der Waals surface area contributed by atoms with E-state index in [1.165, 1.54) is 0 Å². The largest absolute Gasteiger partial charge is 0.497 e. The topological polar surface area (TPSA) is 67.9 Å². The van der Waals surface area contributed by atoms with Gasteiger partial charge in [-0.05, 0) is 48.7 Å². The number of carbonyl (C=O) groups is 2. The summed E-state index contributed by atoms with van der Waals surface area (Å²) in [5, 5.41) is 2.94. The van der Waals surface area contributed by atoms with Gasteiger partial charge in [-0.2, -0.15) is 0 Å². The Kier molecular flexibility index (Phi) is 6.42. The van der Waals surface area contributed by atoms with Crippen LogP contribution in [0.25, 0.3) is 0 Å². The molecule has 1 N–H and O–H groups in total. The van der Waals surface area contributed by atoms with Crippen LogP contribution < -0.4 is 14.8 Å². The Labute approximate surface area is 171 Å². The molecule has 1 heterocycles. The van der Waals surface area contributed by atoms with E-state index in [2.05, 4.69) is 19.2 Å². The molecule has 0 aromatic heterocycles. The number of anilines is 1. The van der Waals surface area contributed by atoms with Crippen molar-refractivity contribution in [2.75, 3.05) is 19.0 Å². The maximum Gasteiger partial charge on any atom is 0.263 e. The molecule has 0 radical (unpaired) electrons. The Morgan fingerprint density at radius 1 is 1.24 bits per heavy atom. The molecule has 1 aliphatic heterocycles. The van der Waals surface area contributed by atoms with Crippen molar-refractivity contribution in [3.63, 3.8) is 0 Å². The summed E-state index contributed by atoms with van der Waals surface area (Å²) in [5.74, 6) is 1.69. The van der Waals surface area contributed by atoms with Crippen LogP contribution in [0.2, 0.25) is 0 Å². The van der Waals surface area contributed by atoms with E-state index in [1.807, 2.05) is 41.3 Å². The second-order valence-corrected chi connectivity index (χ2v) is 7.77. The van der Waals surface area contributed by atoms with Gasteiger partial charge in [0, 0.05) is 24.3 Å². The zero-order chi connectivity index (χ0) is 21.0. The average Bonchev–Trinajstić information content (AvgIpc) is 2.79. The van der Waals surface area contributed by atoms with Crippen molar-refractivity contribution in [3.05, 3.63) is 53.6 Å². The first-order chi connectivity index (χ1) is 13.9. The highest BCUT2D eigenvalue weighted by atomic mass is 16.5. The number of hydrogen-bond acceptors (Lipinski definition) is 4. The average molecular weight is 396 g/mol. The fourth-order valence-corrected chi connectivity index (χ4v) is 3.41. The van der Waals surface area contributed by atoms with Crippen LogP contribution in [0, 0.1) is 5.92 Å². The maximum atomic E-state index is 12.6. The summed E-state index contributed by atoms with van der Waals surface area (Å²) in [6.07, 6.45) is -0.252. The van der Waals surface area contributed by atoms with E-state index in [9.17, 15) is 9.59 Å². The van der Waals surface area contributed by atoms with Crippen LogP contribution >= 0.6 is 0 Å². The number of rotatable bonds is 6. The predicted octanol–water partition coefficient (Wildman–Crippen LogP) is 3.64. The van der Waals surface area contributed by atoms with E-state index >= 15 is 0 Å². The second kappa shape index (κ2) is 8.99. The van der Waals surface area contributed by atoms with Gasteiger partial charge in [-0.3, -0.25) is 9.59 Å². The Morgan fingerprint density at radius 3 is 2.62 bits per heavy atom. The minimum absolute atomic E-state index is 0.0139. The molecule has 6 heteroatoms. The molecule has 0 bridgehead atoms. The second-order valence-electron chi connectivity index (χ2n) is 7.77. The molecule has 1 atom stereocenters. The molecule has 2 aromatic carbocycles. The van der Waals surface area contributed by atoms with Crippen LogP contribution in [-0.2, 0) is 22.6 Å². The molecule has 0 aliphatic carbocycles. The van der Waals surface area contributed by atoms with Crippen molar-refractivity contribution in [1.82, 2.24) is 4.90 Å². The number of methoxy groups -OCH3 is 1. The van der Waals surface area contributed by atoms with Gasteiger partial charge < -0.3 is 19.7 Å². The first kappa shape index (κ1) is 20.7. The first-order valence-corrected chi connectivity index (χ1v) is 9.87. The third-order valence-corrected chi connectivity index (χ3v) is 4.78. The van der Waals surface area contributed by atoms with E-state index in [4.69, 9.17) is 9.47 Å². The molecule has 6 nitrogen and oxygen atoms in total. The van der Waals surface area contributed by atoms with Crippen LogP contribution in [-0.4, -0.2) is 36.5 Å². The van der Waals surface area contributed by atoms with Gasteiger partial charge in [0.2, 0.25) is 5.91 Å².